The molecule has 0 aromatic heterocycles. The maximum absolute atomic E-state index is 4.26. The van der Waals surface area contributed by atoms with Crippen molar-refractivity contribution < 1.29 is 0 Å². The van der Waals surface area contributed by atoms with Crippen molar-refractivity contribution >= 4 is 0 Å². The summed E-state index contributed by atoms with van der Waals surface area (Å²) in [4.78, 5) is 0. The third-order valence-electron chi connectivity index (χ3n) is 4.16. The molecule has 0 heteroatoms. The van der Waals surface area contributed by atoms with Crippen molar-refractivity contribution in [2.45, 2.75) is 45.4 Å². The van der Waals surface area contributed by atoms with Gasteiger partial charge in [-0.15, -0.1) is 0 Å². The van der Waals surface area contributed by atoms with Gasteiger partial charge >= 0.3 is 0 Å². The summed E-state index contributed by atoms with van der Waals surface area (Å²) in [6.45, 7) is 6.56. The average Bonchev–Trinajstić information content (AvgIpc) is 2.62. The van der Waals surface area contributed by atoms with Crippen LogP contribution in [-0.2, 0) is 0 Å². The summed E-state index contributed by atoms with van der Waals surface area (Å²) in [6.07, 6.45) is 17.5. The predicted octanol–water partition coefficient (Wildman–Crippen LogP) is 4.89. The fourth-order valence-corrected chi connectivity index (χ4v) is 2.86. The molecule has 0 radical (unpaired) electrons. The van der Waals surface area contributed by atoms with Crippen LogP contribution >= 0.6 is 0 Å². The van der Waals surface area contributed by atoms with Crippen LogP contribution in [0.5, 0.6) is 0 Å². The third-order valence-corrected chi connectivity index (χ3v) is 4.16. The van der Waals surface area contributed by atoms with E-state index in [0.717, 1.165) is 5.92 Å². The summed E-state index contributed by atoms with van der Waals surface area (Å²) < 4.78 is 0. The zero-order chi connectivity index (χ0) is 11.4. The Balaban J connectivity index is 2.04. The van der Waals surface area contributed by atoms with Gasteiger partial charge in [0.2, 0.25) is 0 Å². The molecule has 0 aromatic rings. The smallest absolute Gasteiger partial charge is 0.0133 e. The van der Waals surface area contributed by atoms with E-state index in [1.807, 2.05) is 0 Å². The fraction of sp³-hybridized carbons (Fsp3) is 0.625. The van der Waals surface area contributed by atoms with E-state index in [1.54, 1.807) is 0 Å². The maximum Gasteiger partial charge on any atom is -0.0133 e. The zero-order valence-corrected chi connectivity index (χ0v) is 10.5. The molecule has 0 saturated heterocycles. The third kappa shape index (κ3) is 2.87. The molecule has 3 unspecified atom stereocenters. The molecule has 0 bridgehead atoms. The van der Waals surface area contributed by atoms with Crippen LogP contribution in [0.1, 0.15) is 45.4 Å². The summed E-state index contributed by atoms with van der Waals surface area (Å²) in [5.74, 6) is 2.16. The minimum absolute atomic E-state index is 0.677. The Kier molecular flexibility index (Phi) is 4.04. The van der Waals surface area contributed by atoms with Crippen LogP contribution in [0.25, 0.3) is 0 Å². The molecular weight excluding hydrogens is 192 g/mol. The van der Waals surface area contributed by atoms with Crippen molar-refractivity contribution in [1.29, 1.82) is 0 Å². The Morgan fingerprint density at radius 2 is 1.94 bits per heavy atom. The molecule has 0 amide bonds. The van der Waals surface area contributed by atoms with Crippen LogP contribution in [0, 0.1) is 17.8 Å². The molecule has 2 rings (SSSR count). The summed E-state index contributed by atoms with van der Waals surface area (Å²) in [5.41, 5.74) is 1.45. The Labute approximate surface area is 100 Å². The van der Waals surface area contributed by atoms with Crippen molar-refractivity contribution in [3.63, 3.8) is 0 Å². The lowest BCUT2D eigenvalue weighted by molar-refractivity contribution is 0.427. The topological polar surface area (TPSA) is 0 Å². The van der Waals surface area contributed by atoms with Gasteiger partial charge in [0.25, 0.3) is 0 Å². The second-order valence-electron chi connectivity index (χ2n) is 5.47. The molecule has 3 atom stereocenters. The van der Waals surface area contributed by atoms with Gasteiger partial charge in [0, 0.05) is 0 Å². The van der Waals surface area contributed by atoms with Crippen LogP contribution in [-0.4, -0.2) is 0 Å². The molecule has 0 fully saturated rings. The van der Waals surface area contributed by atoms with Crippen LogP contribution in [0.15, 0.2) is 36.5 Å². The SMILES string of the molecule is C=C1CC(C2C=CCCCC2)C=CCC1C. The Morgan fingerprint density at radius 3 is 2.81 bits per heavy atom. The monoisotopic (exact) mass is 216 g/mol. The number of rotatable bonds is 1. The highest BCUT2D eigenvalue weighted by atomic mass is 14.3. The first kappa shape index (κ1) is 11.7. The van der Waals surface area contributed by atoms with E-state index in [0.29, 0.717) is 11.8 Å². The predicted molar refractivity (Wildman–Crippen MR) is 71.3 cm³/mol. The second-order valence-corrected chi connectivity index (χ2v) is 5.47. The maximum atomic E-state index is 4.26. The van der Waals surface area contributed by atoms with Crippen molar-refractivity contribution in [1.82, 2.24) is 0 Å². The van der Waals surface area contributed by atoms with E-state index in [9.17, 15) is 0 Å². The van der Waals surface area contributed by atoms with Gasteiger partial charge in [-0.1, -0.05) is 49.8 Å². The van der Waals surface area contributed by atoms with Crippen LogP contribution in [0.2, 0.25) is 0 Å². The lowest BCUT2D eigenvalue weighted by atomic mass is 9.83. The molecule has 0 nitrogen and oxygen atoms in total. The summed E-state index contributed by atoms with van der Waals surface area (Å²) in [7, 11) is 0. The first-order valence-electron chi connectivity index (χ1n) is 6.78. The largest absolute Gasteiger partial charge is 0.0996 e. The molecule has 2 aliphatic rings. The molecule has 0 heterocycles. The van der Waals surface area contributed by atoms with Gasteiger partial charge in [0.15, 0.2) is 0 Å². The van der Waals surface area contributed by atoms with Gasteiger partial charge in [-0.05, 0) is 49.9 Å². The molecule has 0 spiro atoms. The number of hydrogen-bond donors (Lipinski definition) is 0. The number of allylic oxidation sites excluding steroid dienone is 5. The molecule has 0 N–H and O–H groups in total. The average molecular weight is 216 g/mol. The highest BCUT2D eigenvalue weighted by Crippen LogP contribution is 2.34. The molecule has 2 aliphatic carbocycles. The summed E-state index contributed by atoms with van der Waals surface area (Å²) in [6, 6.07) is 0. The van der Waals surface area contributed by atoms with Gasteiger partial charge in [-0.3, -0.25) is 0 Å². The normalized spacial score (nSPS) is 35.8. The number of hydrogen-bond acceptors (Lipinski definition) is 0. The first-order chi connectivity index (χ1) is 7.77. The van der Waals surface area contributed by atoms with E-state index in [2.05, 4.69) is 37.8 Å². The van der Waals surface area contributed by atoms with Crippen molar-refractivity contribution in [3.8, 4) is 0 Å². The van der Waals surface area contributed by atoms with Gasteiger partial charge in [0.05, 0.1) is 0 Å². The van der Waals surface area contributed by atoms with Crippen LogP contribution in [0.4, 0.5) is 0 Å². The zero-order valence-electron chi connectivity index (χ0n) is 10.5. The quantitative estimate of drug-likeness (QED) is 0.547. The highest BCUT2D eigenvalue weighted by molar-refractivity contribution is 5.13. The van der Waals surface area contributed by atoms with E-state index in [4.69, 9.17) is 0 Å². The van der Waals surface area contributed by atoms with Crippen molar-refractivity contribution in [2.75, 3.05) is 0 Å². The molecule has 0 aromatic carbocycles. The summed E-state index contributed by atoms with van der Waals surface area (Å²) >= 11 is 0. The molecule has 88 valence electrons. The minimum Gasteiger partial charge on any atom is -0.0996 e. The molecule has 0 saturated carbocycles. The highest BCUT2D eigenvalue weighted by Gasteiger charge is 2.21. The lowest BCUT2D eigenvalue weighted by Gasteiger charge is -2.22. The first-order valence-corrected chi connectivity index (χ1v) is 6.78. The molecule has 0 aliphatic heterocycles. The van der Waals surface area contributed by atoms with Gasteiger partial charge in [-0.2, -0.15) is 0 Å². The van der Waals surface area contributed by atoms with E-state index in [-0.39, 0.29) is 0 Å². The van der Waals surface area contributed by atoms with Crippen LogP contribution in [0.3, 0.4) is 0 Å². The van der Waals surface area contributed by atoms with E-state index < -0.39 is 0 Å². The van der Waals surface area contributed by atoms with Crippen molar-refractivity contribution in [3.05, 3.63) is 36.5 Å². The summed E-state index contributed by atoms with van der Waals surface area (Å²) in [5, 5.41) is 0. The Morgan fingerprint density at radius 1 is 1.12 bits per heavy atom. The minimum atomic E-state index is 0.677. The van der Waals surface area contributed by atoms with Crippen molar-refractivity contribution in [2.24, 2.45) is 17.8 Å². The van der Waals surface area contributed by atoms with Crippen LogP contribution < -0.4 is 0 Å². The lowest BCUT2D eigenvalue weighted by Crippen LogP contribution is -2.11. The fourth-order valence-electron chi connectivity index (χ4n) is 2.86. The molecule has 16 heavy (non-hydrogen) atoms. The standard InChI is InChI=1S/C16H24/c1-13-8-7-11-16(12-14(13)2)15-9-5-3-4-6-10-15/h5,7,9,11,13,15-16H,2-4,6,8,10,12H2,1H3. The van der Waals surface area contributed by atoms with E-state index in [1.165, 1.54) is 44.1 Å². The van der Waals surface area contributed by atoms with Gasteiger partial charge in [-0.25, -0.2) is 0 Å². The van der Waals surface area contributed by atoms with E-state index >= 15 is 0 Å². The van der Waals surface area contributed by atoms with Gasteiger partial charge in [0.1, 0.15) is 0 Å². The Hall–Kier alpha value is -0.780. The molecular formula is C16H24. The second kappa shape index (κ2) is 5.52. The Bertz CT molecular complexity index is 295. The van der Waals surface area contributed by atoms with Gasteiger partial charge < -0.3 is 0 Å².